The Balaban J connectivity index is 1.44. The van der Waals surface area contributed by atoms with Gasteiger partial charge in [-0.3, -0.25) is 9.59 Å². The van der Waals surface area contributed by atoms with E-state index >= 15 is 0 Å². The largest absolute Gasteiger partial charge is 0.547 e. The quantitative estimate of drug-likeness (QED) is 0.547. The third-order valence-corrected chi connectivity index (χ3v) is 5.15. The molecule has 2 aliphatic heterocycles. The molecule has 0 bridgehead atoms. The van der Waals surface area contributed by atoms with E-state index in [1.165, 1.54) is 6.92 Å². The van der Waals surface area contributed by atoms with Crippen LogP contribution in [0.25, 0.3) is 0 Å². The first-order valence-corrected chi connectivity index (χ1v) is 9.50. The van der Waals surface area contributed by atoms with Crippen LogP contribution in [0.3, 0.4) is 0 Å². The maximum absolute atomic E-state index is 12.5. The first kappa shape index (κ1) is 18.5. The molecule has 144 valence electrons. The van der Waals surface area contributed by atoms with Crippen LogP contribution >= 0.6 is 0 Å². The highest BCUT2D eigenvalue weighted by Gasteiger charge is 2.37. The second-order valence-electron chi connectivity index (χ2n) is 7.29. The molecule has 28 heavy (non-hydrogen) atoms. The number of aryl methyl sites for hydroxylation is 1. The molecule has 0 radical (unpaired) electrons. The van der Waals surface area contributed by atoms with Crippen molar-refractivity contribution < 1.29 is 19.3 Å². The lowest BCUT2D eigenvalue weighted by atomic mass is 9.72. The van der Waals surface area contributed by atoms with Gasteiger partial charge in [-0.05, 0) is 48.9 Å². The van der Waals surface area contributed by atoms with Gasteiger partial charge in [-0.1, -0.05) is 18.2 Å². The average Bonchev–Trinajstić information content (AvgIpc) is 2.68. The molecule has 0 saturated heterocycles. The molecule has 0 fully saturated rings. The number of hydrogen-bond acceptors (Lipinski definition) is 6. The first-order valence-electron chi connectivity index (χ1n) is 9.50. The van der Waals surface area contributed by atoms with Gasteiger partial charge in [0.1, 0.15) is 11.6 Å². The SMILES string of the molecule is CC(=O)c1cccc2c1OB(O)[C@@H](NC(=O)Cc1cnc3c(c1)CCCN3)C2. The summed E-state index contributed by atoms with van der Waals surface area (Å²) in [4.78, 5) is 28.6. The zero-order chi connectivity index (χ0) is 19.7. The van der Waals surface area contributed by atoms with Gasteiger partial charge in [-0.25, -0.2) is 4.98 Å². The van der Waals surface area contributed by atoms with Crippen LogP contribution in [-0.2, 0) is 24.1 Å². The Hall–Kier alpha value is -2.87. The Morgan fingerprint density at radius 1 is 1.39 bits per heavy atom. The Morgan fingerprint density at radius 2 is 2.25 bits per heavy atom. The molecule has 0 saturated carbocycles. The van der Waals surface area contributed by atoms with Crippen LogP contribution in [0.5, 0.6) is 5.75 Å². The number of aromatic nitrogens is 1. The van der Waals surface area contributed by atoms with Crippen LogP contribution in [0.1, 0.15) is 40.4 Å². The molecule has 7 nitrogen and oxygen atoms in total. The van der Waals surface area contributed by atoms with Crippen molar-refractivity contribution in [2.24, 2.45) is 0 Å². The van der Waals surface area contributed by atoms with E-state index in [0.29, 0.717) is 17.7 Å². The summed E-state index contributed by atoms with van der Waals surface area (Å²) < 4.78 is 5.56. The van der Waals surface area contributed by atoms with E-state index in [4.69, 9.17) is 4.65 Å². The van der Waals surface area contributed by atoms with Crippen molar-refractivity contribution in [3.63, 3.8) is 0 Å². The minimum atomic E-state index is -1.21. The lowest BCUT2D eigenvalue weighted by Crippen LogP contribution is -2.53. The number of Topliss-reactive ketones (excluding diaryl/α,β-unsaturated/α-hetero) is 1. The van der Waals surface area contributed by atoms with Gasteiger partial charge < -0.3 is 20.3 Å². The summed E-state index contributed by atoms with van der Waals surface area (Å²) >= 11 is 0. The number of fused-ring (bicyclic) bond motifs is 2. The summed E-state index contributed by atoms with van der Waals surface area (Å²) in [6.45, 7) is 2.38. The fourth-order valence-electron chi connectivity index (χ4n) is 3.76. The van der Waals surface area contributed by atoms with E-state index in [-0.39, 0.29) is 18.1 Å². The maximum atomic E-state index is 12.5. The van der Waals surface area contributed by atoms with Crippen molar-refractivity contribution in [2.75, 3.05) is 11.9 Å². The minimum absolute atomic E-state index is 0.124. The highest BCUT2D eigenvalue weighted by atomic mass is 16.5. The van der Waals surface area contributed by atoms with E-state index in [0.717, 1.165) is 41.9 Å². The zero-order valence-electron chi connectivity index (χ0n) is 15.7. The first-order chi connectivity index (χ1) is 13.5. The Bertz CT molecular complexity index is 934. The molecule has 4 rings (SSSR count). The monoisotopic (exact) mass is 379 g/mol. The number of hydrogen-bond donors (Lipinski definition) is 3. The topological polar surface area (TPSA) is 101 Å². The normalized spacial score (nSPS) is 17.6. The number of carbonyl (C=O) groups is 2. The van der Waals surface area contributed by atoms with Gasteiger partial charge in [0.2, 0.25) is 5.91 Å². The highest BCUT2D eigenvalue weighted by molar-refractivity contribution is 6.47. The molecular formula is C20H22BN3O4. The van der Waals surface area contributed by atoms with Crippen molar-refractivity contribution in [2.45, 2.75) is 38.5 Å². The third kappa shape index (κ3) is 3.73. The molecule has 1 atom stereocenters. The van der Waals surface area contributed by atoms with E-state index in [1.54, 1.807) is 18.3 Å². The molecule has 1 amide bonds. The highest BCUT2D eigenvalue weighted by Crippen LogP contribution is 2.30. The predicted octanol–water partition coefficient (Wildman–Crippen LogP) is 1.32. The summed E-state index contributed by atoms with van der Waals surface area (Å²) in [7, 11) is -1.21. The van der Waals surface area contributed by atoms with Gasteiger partial charge in [-0.15, -0.1) is 0 Å². The number of nitrogens with one attached hydrogen (secondary N) is 2. The number of rotatable bonds is 4. The van der Waals surface area contributed by atoms with Crippen LogP contribution in [0.2, 0.25) is 0 Å². The van der Waals surface area contributed by atoms with Crippen molar-refractivity contribution in [3.8, 4) is 5.75 Å². The smallest absolute Gasteiger partial charge is 0.534 e. The van der Waals surface area contributed by atoms with Gasteiger partial charge in [0.05, 0.1) is 17.9 Å². The summed E-state index contributed by atoms with van der Waals surface area (Å²) in [5.41, 5.74) is 3.20. The predicted molar refractivity (Wildman–Crippen MR) is 105 cm³/mol. The number of nitrogens with zero attached hydrogens (tertiary/aromatic N) is 1. The van der Waals surface area contributed by atoms with Crippen molar-refractivity contribution >= 4 is 24.6 Å². The van der Waals surface area contributed by atoms with Crippen LogP contribution in [0, 0.1) is 0 Å². The summed E-state index contributed by atoms with van der Waals surface area (Å²) in [6.07, 6.45) is 4.30. The van der Waals surface area contributed by atoms with E-state index in [9.17, 15) is 14.6 Å². The fraction of sp³-hybridized carbons (Fsp3) is 0.350. The molecule has 2 aromatic rings. The van der Waals surface area contributed by atoms with Crippen molar-refractivity contribution in [3.05, 3.63) is 52.7 Å². The molecule has 2 aliphatic rings. The van der Waals surface area contributed by atoms with Gasteiger partial charge in [-0.2, -0.15) is 0 Å². The number of pyridine rings is 1. The minimum Gasteiger partial charge on any atom is -0.534 e. The van der Waals surface area contributed by atoms with Crippen LogP contribution in [-0.4, -0.2) is 41.3 Å². The zero-order valence-corrected chi connectivity index (χ0v) is 15.7. The van der Waals surface area contributed by atoms with Gasteiger partial charge in [0, 0.05) is 12.7 Å². The van der Waals surface area contributed by atoms with Crippen molar-refractivity contribution in [1.29, 1.82) is 0 Å². The molecule has 1 aromatic heterocycles. The van der Waals surface area contributed by atoms with Crippen LogP contribution in [0.4, 0.5) is 5.82 Å². The molecular weight excluding hydrogens is 357 g/mol. The van der Waals surface area contributed by atoms with Gasteiger partial charge in [0.25, 0.3) is 0 Å². The van der Waals surface area contributed by atoms with E-state index in [2.05, 4.69) is 15.6 Å². The molecule has 3 N–H and O–H groups in total. The molecule has 3 heterocycles. The summed E-state index contributed by atoms with van der Waals surface area (Å²) in [5.74, 6) is 0.392. The number of ketones is 1. The number of benzene rings is 1. The molecule has 0 unspecified atom stereocenters. The van der Waals surface area contributed by atoms with Gasteiger partial charge in [0.15, 0.2) is 5.78 Å². The summed E-state index contributed by atoms with van der Waals surface area (Å²) in [5, 5.41) is 16.4. The number of anilines is 1. The molecule has 1 aromatic carbocycles. The summed E-state index contributed by atoms with van der Waals surface area (Å²) in [6, 6.07) is 7.30. The Kier molecular flexibility index (Phi) is 5.04. The average molecular weight is 379 g/mol. The number of para-hydroxylation sites is 1. The number of amides is 1. The molecule has 0 spiro atoms. The standard InChI is InChI=1S/C20H22BN3O4/c1-12(25)16-6-2-4-14-10-17(21(27)28-19(14)16)24-18(26)9-13-8-15-5-3-7-22-20(15)23-11-13/h2,4,6,8,11,17,27H,3,5,7,9-10H2,1H3,(H,22,23)(H,24,26)/t17-/m0/s1. The van der Waals surface area contributed by atoms with E-state index in [1.807, 2.05) is 12.1 Å². The van der Waals surface area contributed by atoms with Crippen molar-refractivity contribution in [1.82, 2.24) is 10.3 Å². The van der Waals surface area contributed by atoms with Gasteiger partial charge >= 0.3 is 7.12 Å². The second kappa shape index (κ2) is 7.63. The fourth-order valence-corrected chi connectivity index (χ4v) is 3.76. The van der Waals surface area contributed by atoms with E-state index < -0.39 is 13.1 Å². The molecule has 0 aliphatic carbocycles. The lowest BCUT2D eigenvalue weighted by Gasteiger charge is -2.29. The second-order valence-corrected chi connectivity index (χ2v) is 7.29. The third-order valence-electron chi connectivity index (χ3n) is 5.15. The number of carbonyl (C=O) groups excluding carboxylic acids is 2. The maximum Gasteiger partial charge on any atom is 0.547 e. The Morgan fingerprint density at radius 3 is 3.07 bits per heavy atom. The van der Waals surface area contributed by atoms with Crippen LogP contribution in [0.15, 0.2) is 30.5 Å². The molecule has 8 heteroatoms. The van der Waals surface area contributed by atoms with Crippen LogP contribution < -0.4 is 15.3 Å². The Labute approximate surface area is 163 Å². The lowest BCUT2D eigenvalue weighted by molar-refractivity contribution is -0.120.